The predicted octanol–water partition coefficient (Wildman–Crippen LogP) is 3.82. The number of hydrogen-bond donors (Lipinski definition) is 1. The van der Waals surface area contributed by atoms with Crippen LogP contribution in [0.3, 0.4) is 0 Å². The smallest absolute Gasteiger partial charge is 0.255 e. The molecule has 1 aliphatic rings. The lowest BCUT2D eigenvalue weighted by molar-refractivity contribution is 0.102. The molecule has 1 aromatic carbocycles. The molecule has 2 aromatic rings. The number of carbonyl (C=O) groups excluding carboxylic acids is 1. The maximum absolute atomic E-state index is 12.5. The fourth-order valence-corrected chi connectivity index (χ4v) is 2.87. The molecule has 132 valence electrons. The highest BCUT2D eigenvalue weighted by Crippen LogP contribution is 2.32. The molecule has 8 heteroatoms. The first-order valence-electron chi connectivity index (χ1n) is 7.61. The summed E-state index contributed by atoms with van der Waals surface area (Å²) in [5, 5.41) is 3.21. The highest BCUT2D eigenvalue weighted by molar-refractivity contribution is 6.39. The molecule has 25 heavy (non-hydrogen) atoms. The Kier molecular flexibility index (Phi) is 5.63. The number of carbonyl (C=O) groups is 1. The molecule has 0 radical (unpaired) electrons. The van der Waals surface area contributed by atoms with Crippen molar-refractivity contribution in [2.24, 2.45) is 0 Å². The number of nitrogens with zero attached hydrogens (tertiary/aromatic N) is 1. The Morgan fingerprint density at radius 1 is 1.28 bits per heavy atom. The standard InChI is InChI=1S/C17H16Cl2N2O4/c1-23-14-3-2-10(6-15(14)25-11-4-5-24-9-11)17(22)21-16-12(18)7-20-8-13(16)19/h2-3,6-8,11H,4-5,9H2,1H3,(H,20,21,22)/t11-/m1/s1. The number of hydrogen-bond acceptors (Lipinski definition) is 5. The van der Waals surface area contributed by atoms with Gasteiger partial charge in [0.05, 0.1) is 36.1 Å². The molecular weight excluding hydrogens is 367 g/mol. The monoisotopic (exact) mass is 382 g/mol. The lowest BCUT2D eigenvalue weighted by Gasteiger charge is -2.16. The zero-order chi connectivity index (χ0) is 17.8. The summed E-state index contributed by atoms with van der Waals surface area (Å²) in [5.74, 6) is 0.658. The van der Waals surface area contributed by atoms with Crippen molar-refractivity contribution in [1.82, 2.24) is 4.98 Å². The van der Waals surface area contributed by atoms with Crippen LogP contribution in [0.15, 0.2) is 30.6 Å². The molecule has 6 nitrogen and oxygen atoms in total. The molecule has 0 saturated carbocycles. The van der Waals surface area contributed by atoms with Gasteiger partial charge in [-0.2, -0.15) is 0 Å². The van der Waals surface area contributed by atoms with Crippen molar-refractivity contribution in [2.45, 2.75) is 12.5 Å². The number of benzene rings is 1. The minimum atomic E-state index is -0.370. The molecular formula is C17H16Cl2N2O4. The summed E-state index contributed by atoms with van der Waals surface area (Å²) >= 11 is 12.1. The number of ether oxygens (including phenoxy) is 3. The van der Waals surface area contributed by atoms with Crippen molar-refractivity contribution in [3.8, 4) is 11.5 Å². The molecule has 1 aromatic heterocycles. The first kappa shape index (κ1) is 17.8. The zero-order valence-corrected chi connectivity index (χ0v) is 14.9. The molecule has 0 spiro atoms. The quantitative estimate of drug-likeness (QED) is 0.850. The molecule has 1 N–H and O–H groups in total. The summed E-state index contributed by atoms with van der Waals surface area (Å²) in [7, 11) is 1.55. The normalized spacial score (nSPS) is 16.5. The SMILES string of the molecule is COc1ccc(C(=O)Nc2c(Cl)cncc2Cl)cc1O[C@@H]1CCOC1. The van der Waals surface area contributed by atoms with Crippen LogP contribution in [0, 0.1) is 0 Å². The van der Waals surface area contributed by atoms with E-state index in [0.717, 1.165) is 6.42 Å². The van der Waals surface area contributed by atoms with Crippen molar-refractivity contribution < 1.29 is 19.0 Å². The lowest BCUT2D eigenvalue weighted by Crippen LogP contribution is -2.17. The van der Waals surface area contributed by atoms with Gasteiger partial charge < -0.3 is 19.5 Å². The van der Waals surface area contributed by atoms with Crippen LogP contribution >= 0.6 is 23.2 Å². The molecule has 3 rings (SSSR count). The fourth-order valence-electron chi connectivity index (χ4n) is 2.41. The second-order valence-corrected chi connectivity index (χ2v) is 6.22. The van der Waals surface area contributed by atoms with Gasteiger partial charge in [0.2, 0.25) is 0 Å². The van der Waals surface area contributed by atoms with Crippen LogP contribution in [0.4, 0.5) is 5.69 Å². The topological polar surface area (TPSA) is 69.7 Å². The first-order valence-corrected chi connectivity index (χ1v) is 8.37. The van der Waals surface area contributed by atoms with Crippen molar-refractivity contribution in [3.63, 3.8) is 0 Å². The van der Waals surface area contributed by atoms with Gasteiger partial charge >= 0.3 is 0 Å². The van der Waals surface area contributed by atoms with Crippen LogP contribution in [0.25, 0.3) is 0 Å². The number of halogens is 2. The van der Waals surface area contributed by atoms with Crippen molar-refractivity contribution in [3.05, 3.63) is 46.2 Å². The summed E-state index contributed by atoms with van der Waals surface area (Å²) in [4.78, 5) is 16.4. The van der Waals surface area contributed by atoms with Crippen LogP contribution < -0.4 is 14.8 Å². The molecule has 1 saturated heterocycles. The molecule has 0 aliphatic carbocycles. The van der Waals surface area contributed by atoms with E-state index in [9.17, 15) is 4.79 Å². The van der Waals surface area contributed by atoms with E-state index >= 15 is 0 Å². The van der Waals surface area contributed by atoms with E-state index in [-0.39, 0.29) is 22.1 Å². The minimum Gasteiger partial charge on any atom is -0.493 e. The number of pyridine rings is 1. The molecule has 2 heterocycles. The summed E-state index contributed by atoms with van der Waals surface area (Å²) in [6.45, 7) is 1.17. The van der Waals surface area contributed by atoms with Gasteiger partial charge in [-0.15, -0.1) is 0 Å². The van der Waals surface area contributed by atoms with E-state index in [0.29, 0.717) is 36.0 Å². The zero-order valence-electron chi connectivity index (χ0n) is 13.4. The number of aromatic nitrogens is 1. The number of methoxy groups -OCH3 is 1. The lowest BCUT2D eigenvalue weighted by atomic mass is 10.1. The number of anilines is 1. The molecule has 1 atom stereocenters. The maximum Gasteiger partial charge on any atom is 0.255 e. The minimum absolute atomic E-state index is 0.0590. The number of amides is 1. The number of rotatable bonds is 5. The Morgan fingerprint density at radius 2 is 2.04 bits per heavy atom. The van der Waals surface area contributed by atoms with E-state index in [2.05, 4.69) is 10.3 Å². The largest absolute Gasteiger partial charge is 0.493 e. The highest BCUT2D eigenvalue weighted by Gasteiger charge is 2.20. The highest BCUT2D eigenvalue weighted by atomic mass is 35.5. The van der Waals surface area contributed by atoms with Crippen LogP contribution in [0.5, 0.6) is 11.5 Å². The Balaban J connectivity index is 1.82. The number of nitrogens with one attached hydrogen (secondary N) is 1. The maximum atomic E-state index is 12.5. The van der Waals surface area contributed by atoms with Crippen molar-refractivity contribution >= 4 is 34.8 Å². The third-order valence-electron chi connectivity index (χ3n) is 3.70. The Bertz CT molecular complexity index is 759. The third-order valence-corrected chi connectivity index (χ3v) is 4.27. The molecule has 1 amide bonds. The van der Waals surface area contributed by atoms with E-state index in [4.69, 9.17) is 37.4 Å². The van der Waals surface area contributed by atoms with Gasteiger partial charge in [0.15, 0.2) is 11.5 Å². The second kappa shape index (κ2) is 7.91. The summed E-state index contributed by atoms with van der Waals surface area (Å²) < 4.78 is 16.5. The van der Waals surface area contributed by atoms with E-state index in [1.165, 1.54) is 12.4 Å². The van der Waals surface area contributed by atoms with E-state index < -0.39 is 0 Å². The fraction of sp³-hybridized carbons (Fsp3) is 0.294. The Morgan fingerprint density at radius 3 is 2.68 bits per heavy atom. The van der Waals surface area contributed by atoms with Gasteiger partial charge in [-0.1, -0.05) is 23.2 Å². The van der Waals surface area contributed by atoms with Crippen LogP contribution in [-0.4, -0.2) is 37.3 Å². The summed E-state index contributed by atoms with van der Waals surface area (Å²) in [6.07, 6.45) is 3.55. The molecule has 1 aliphatic heterocycles. The van der Waals surface area contributed by atoms with Gasteiger partial charge in [-0.3, -0.25) is 9.78 Å². The van der Waals surface area contributed by atoms with Crippen LogP contribution in [0.1, 0.15) is 16.8 Å². The van der Waals surface area contributed by atoms with Crippen LogP contribution in [-0.2, 0) is 4.74 Å². The molecule has 0 unspecified atom stereocenters. The average molecular weight is 383 g/mol. The van der Waals surface area contributed by atoms with E-state index in [1.807, 2.05) is 0 Å². The average Bonchev–Trinajstić information content (AvgIpc) is 3.11. The van der Waals surface area contributed by atoms with Gasteiger partial charge in [0, 0.05) is 24.4 Å². The van der Waals surface area contributed by atoms with Crippen molar-refractivity contribution in [2.75, 3.05) is 25.6 Å². The Labute approximate surface area is 155 Å². The predicted molar refractivity (Wildman–Crippen MR) is 95.1 cm³/mol. The van der Waals surface area contributed by atoms with Gasteiger partial charge in [-0.05, 0) is 18.2 Å². The van der Waals surface area contributed by atoms with Gasteiger partial charge in [0.25, 0.3) is 5.91 Å². The Hall–Kier alpha value is -2.02. The van der Waals surface area contributed by atoms with Gasteiger partial charge in [-0.25, -0.2) is 0 Å². The molecule has 0 bridgehead atoms. The molecule has 1 fully saturated rings. The first-order chi connectivity index (χ1) is 12.1. The summed E-state index contributed by atoms with van der Waals surface area (Å²) in [6, 6.07) is 4.93. The third kappa shape index (κ3) is 4.15. The van der Waals surface area contributed by atoms with Gasteiger partial charge in [0.1, 0.15) is 6.10 Å². The second-order valence-electron chi connectivity index (χ2n) is 5.40. The summed E-state index contributed by atoms with van der Waals surface area (Å²) in [5.41, 5.74) is 0.699. The van der Waals surface area contributed by atoms with Crippen molar-refractivity contribution in [1.29, 1.82) is 0 Å². The van der Waals surface area contributed by atoms with Crippen LogP contribution in [0.2, 0.25) is 10.0 Å². The van der Waals surface area contributed by atoms with E-state index in [1.54, 1.807) is 25.3 Å².